The smallest absolute Gasteiger partial charge is 0.191 e. The average molecular weight is 513 g/mol. The number of aryl methyl sites for hydroxylation is 1. The number of aliphatic imine (C=N–C) groups is 1. The van der Waals surface area contributed by atoms with Crippen LogP contribution in [0.25, 0.3) is 5.69 Å². The number of aliphatic hydroxyl groups excluding tert-OH is 1. The van der Waals surface area contributed by atoms with Crippen molar-refractivity contribution in [2.24, 2.45) is 10.4 Å². The van der Waals surface area contributed by atoms with Gasteiger partial charge in [-0.05, 0) is 38.8 Å². The molecule has 0 radical (unpaired) electrons. The maximum Gasteiger partial charge on any atom is 0.191 e. The van der Waals surface area contributed by atoms with Gasteiger partial charge < -0.3 is 20.5 Å². The molecule has 7 nitrogen and oxygen atoms in total. The molecule has 3 rings (SSSR count). The number of rotatable bonds is 7. The van der Waals surface area contributed by atoms with E-state index in [0.29, 0.717) is 13.2 Å². The third kappa shape index (κ3) is 5.70. The molecule has 2 heterocycles. The first-order valence-electron chi connectivity index (χ1n) is 9.82. The molecule has 160 valence electrons. The molecule has 1 atom stereocenters. The van der Waals surface area contributed by atoms with Crippen LogP contribution in [0.15, 0.2) is 35.3 Å². The number of para-hydroxylation sites is 1. The molecule has 0 saturated carbocycles. The summed E-state index contributed by atoms with van der Waals surface area (Å²) in [7, 11) is 1.77. The number of nitrogens with one attached hydrogen (secondary N) is 2. The molecule has 1 aromatic heterocycles. The fourth-order valence-corrected chi connectivity index (χ4v) is 3.73. The maximum atomic E-state index is 9.39. The van der Waals surface area contributed by atoms with Gasteiger partial charge in [-0.1, -0.05) is 18.2 Å². The minimum Gasteiger partial charge on any atom is -0.396 e. The zero-order valence-electron chi connectivity index (χ0n) is 17.4. The van der Waals surface area contributed by atoms with E-state index in [2.05, 4.69) is 34.7 Å². The summed E-state index contributed by atoms with van der Waals surface area (Å²) in [5.41, 5.74) is 4.33. The highest BCUT2D eigenvalue weighted by Gasteiger charge is 2.34. The summed E-state index contributed by atoms with van der Waals surface area (Å²) in [5, 5.41) is 20.9. The molecule has 1 fully saturated rings. The number of aromatic nitrogens is 2. The number of ether oxygens (including phenoxy) is 1. The fourth-order valence-electron chi connectivity index (χ4n) is 3.73. The Morgan fingerprint density at radius 2 is 2.03 bits per heavy atom. The standard InChI is InChI=1S/C21H31N5O2.HI/c1-16-19(17(2)26(25-16)18-7-5-4-6-8-18)13-23-20(22-3)24-14-21(9-11-27)10-12-28-15-21;/h4-8,27H,9-15H2,1-3H3,(H2,22,23,24);1H. The molecule has 0 amide bonds. The van der Waals surface area contributed by atoms with Crippen LogP contribution in [0.5, 0.6) is 0 Å². The summed E-state index contributed by atoms with van der Waals surface area (Å²) in [4.78, 5) is 4.34. The zero-order chi connectivity index (χ0) is 20.0. The van der Waals surface area contributed by atoms with Crippen molar-refractivity contribution in [3.8, 4) is 5.69 Å². The first kappa shape index (κ1) is 23.6. The van der Waals surface area contributed by atoms with Crippen molar-refractivity contribution in [1.29, 1.82) is 0 Å². The van der Waals surface area contributed by atoms with Crippen LogP contribution in [-0.2, 0) is 11.3 Å². The van der Waals surface area contributed by atoms with Gasteiger partial charge in [-0.15, -0.1) is 24.0 Å². The lowest BCUT2D eigenvalue weighted by Crippen LogP contribution is -2.44. The SMILES string of the molecule is CN=C(NCc1c(C)nn(-c2ccccc2)c1C)NCC1(CCO)CCOC1.I. The summed E-state index contributed by atoms with van der Waals surface area (Å²) in [6.07, 6.45) is 1.69. The molecule has 29 heavy (non-hydrogen) atoms. The van der Waals surface area contributed by atoms with E-state index in [1.165, 1.54) is 5.56 Å². The minimum absolute atomic E-state index is 0. The summed E-state index contributed by atoms with van der Waals surface area (Å²) in [5.74, 6) is 0.746. The number of aliphatic hydroxyl groups is 1. The molecule has 1 unspecified atom stereocenters. The molecular weight excluding hydrogens is 481 g/mol. The Kier molecular flexibility index (Phi) is 8.91. The van der Waals surface area contributed by atoms with E-state index in [-0.39, 0.29) is 36.0 Å². The Hall–Kier alpha value is -1.65. The van der Waals surface area contributed by atoms with Crippen molar-refractivity contribution in [2.45, 2.75) is 33.2 Å². The van der Waals surface area contributed by atoms with E-state index < -0.39 is 0 Å². The van der Waals surface area contributed by atoms with E-state index >= 15 is 0 Å². The Morgan fingerprint density at radius 3 is 2.66 bits per heavy atom. The van der Waals surface area contributed by atoms with Crippen molar-refractivity contribution in [2.75, 3.05) is 33.4 Å². The number of hydrogen-bond acceptors (Lipinski definition) is 4. The summed E-state index contributed by atoms with van der Waals surface area (Å²) >= 11 is 0. The number of benzene rings is 1. The van der Waals surface area contributed by atoms with Crippen LogP contribution in [0.3, 0.4) is 0 Å². The van der Waals surface area contributed by atoms with Gasteiger partial charge in [-0.3, -0.25) is 4.99 Å². The first-order valence-corrected chi connectivity index (χ1v) is 9.82. The summed E-state index contributed by atoms with van der Waals surface area (Å²) in [6, 6.07) is 10.2. The average Bonchev–Trinajstić information content (AvgIpc) is 3.28. The molecule has 0 aliphatic carbocycles. The fraction of sp³-hybridized carbons (Fsp3) is 0.524. The number of nitrogens with zero attached hydrogens (tertiary/aromatic N) is 3. The van der Waals surface area contributed by atoms with Crippen LogP contribution in [0, 0.1) is 19.3 Å². The minimum atomic E-state index is -0.0175. The summed E-state index contributed by atoms with van der Waals surface area (Å²) < 4.78 is 7.54. The lowest BCUT2D eigenvalue weighted by atomic mass is 9.84. The second-order valence-corrected chi connectivity index (χ2v) is 7.45. The quantitative estimate of drug-likeness (QED) is 0.301. The van der Waals surface area contributed by atoms with E-state index in [4.69, 9.17) is 9.84 Å². The molecule has 2 aromatic rings. The van der Waals surface area contributed by atoms with Gasteiger partial charge in [-0.25, -0.2) is 4.68 Å². The Morgan fingerprint density at radius 1 is 1.28 bits per heavy atom. The van der Waals surface area contributed by atoms with Crippen LogP contribution in [-0.4, -0.2) is 54.3 Å². The molecule has 8 heteroatoms. The van der Waals surface area contributed by atoms with Crippen LogP contribution in [0.2, 0.25) is 0 Å². The van der Waals surface area contributed by atoms with E-state index in [1.807, 2.05) is 29.8 Å². The Labute approximate surface area is 190 Å². The number of guanidine groups is 1. The van der Waals surface area contributed by atoms with Gasteiger partial charge in [0.2, 0.25) is 0 Å². The van der Waals surface area contributed by atoms with E-state index in [9.17, 15) is 5.11 Å². The second kappa shape index (κ2) is 10.9. The van der Waals surface area contributed by atoms with Gasteiger partial charge in [0.25, 0.3) is 0 Å². The molecule has 1 aliphatic rings. The van der Waals surface area contributed by atoms with Crippen LogP contribution in [0.4, 0.5) is 0 Å². The van der Waals surface area contributed by atoms with Gasteiger partial charge in [-0.2, -0.15) is 5.10 Å². The molecule has 1 saturated heterocycles. The molecule has 1 aromatic carbocycles. The number of halogens is 1. The maximum absolute atomic E-state index is 9.39. The van der Waals surface area contributed by atoms with E-state index in [1.54, 1.807) is 7.05 Å². The van der Waals surface area contributed by atoms with Crippen LogP contribution < -0.4 is 10.6 Å². The molecular formula is C21H32IN5O2. The lowest BCUT2D eigenvalue weighted by Gasteiger charge is -2.27. The third-order valence-electron chi connectivity index (χ3n) is 5.56. The molecule has 0 spiro atoms. The largest absolute Gasteiger partial charge is 0.396 e. The summed E-state index contributed by atoms with van der Waals surface area (Å²) in [6.45, 7) is 7.11. The Bertz CT molecular complexity index is 801. The van der Waals surface area contributed by atoms with Gasteiger partial charge in [0.1, 0.15) is 0 Å². The highest BCUT2D eigenvalue weighted by atomic mass is 127. The highest BCUT2D eigenvalue weighted by molar-refractivity contribution is 14.0. The first-order chi connectivity index (χ1) is 13.6. The van der Waals surface area contributed by atoms with Crippen LogP contribution in [0.1, 0.15) is 29.8 Å². The third-order valence-corrected chi connectivity index (χ3v) is 5.56. The van der Waals surface area contributed by atoms with Crippen molar-refractivity contribution < 1.29 is 9.84 Å². The van der Waals surface area contributed by atoms with E-state index in [0.717, 1.165) is 49.0 Å². The van der Waals surface area contributed by atoms with Gasteiger partial charge in [0.15, 0.2) is 5.96 Å². The predicted molar refractivity (Wildman–Crippen MR) is 126 cm³/mol. The van der Waals surface area contributed by atoms with Crippen molar-refractivity contribution in [1.82, 2.24) is 20.4 Å². The van der Waals surface area contributed by atoms with Gasteiger partial charge in [0, 0.05) is 50.0 Å². The highest BCUT2D eigenvalue weighted by Crippen LogP contribution is 2.31. The predicted octanol–water partition coefficient (Wildman–Crippen LogP) is 2.56. The van der Waals surface area contributed by atoms with Crippen molar-refractivity contribution in [3.05, 3.63) is 47.3 Å². The normalized spacial score (nSPS) is 19.1. The number of hydrogen-bond donors (Lipinski definition) is 3. The van der Waals surface area contributed by atoms with Gasteiger partial charge in [0.05, 0.1) is 18.0 Å². The van der Waals surface area contributed by atoms with Crippen LogP contribution >= 0.6 is 24.0 Å². The zero-order valence-corrected chi connectivity index (χ0v) is 19.8. The molecule has 3 N–H and O–H groups in total. The Balaban J connectivity index is 0.00000300. The topological polar surface area (TPSA) is 83.7 Å². The van der Waals surface area contributed by atoms with Crippen molar-refractivity contribution >= 4 is 29.9 Å². The lowest BCUT2D eigenvalue weighted by molar-refractivity contribution is 0.127. The van der Waals surface area contributed by atoms with Crippen molar-refractivity contribution in [3.63, 3.8) is 0 Å². The second-order valence-electron chi connectivity index (χ2n) is 7.45. The molecule has 0 bridgehead atoms. The molecule has 1 aliphatic heterocycles. The van der Waals surface area contributed by atoms with Gasteiger partial charge >= 0.3 is 0 Å². The monoisotopic (exact) mass is 513 g/mol.